The number of likely N-dealkylation sites (N-methyl/N-ethyl adjacent to an activating group) is 1. The average Bonchev–Trinajstić information content (AvgIpc) is 2.94. The number of nitrogens with zero attached hydrogens (tertiary/aromatic N) is 1. The number of sulfone groups is 1. The van der Waals surface area contributed by atoms with E-state index in [4.69, 9.17) is 0 Å². The molecule has 2 aromatic carbocycles. The third-order valence-electron chi connectivity index (χ3n) is 4.26. The van der Waals surface area contributed by atoms with Gasteiger partial charge in [-0.2, -0.15) is 0 Å². The van der Waals surface area contributed by atoms with Gasteiger partial charge in [0, 0.05) is 12.5 Å². The van der Waals surface area contributed by atoms with Gasteiger partial charge in [-0.25, -0.2) is 12.8 Å². The van der Waals surface area contributed by atoms with Crippen molar-refractivity contribution in [3.8, 4) is 5.75 Å². The molecule has 0 amide bonds. The van der Waals surface area contributed by atoms with Gasteiger partial charge >= 0.3 is 0 Å². The van der Waals surface area contributed by atoms with Gasteiger partial charge in [0.2, 0.25) is 9.84 Å². The molecule has 4 nitrogen and oxygen atoms in total. The minimum atomic E-state index is -3.79. The molecule has 1 atom stereocenters. The summed E-state index contributed by atoms with van der Waals surface area (Å²) in [5.41, 5.74) is 0.569. The van der Waals surface area contributed by atoms with Crippen molar-refractivity contribution < 1.29 is 17.9 Å². The molecule has 0 spiro atoms. The Labute approximate surface area is 135 Å². The van der Waals surface area contributed by atoms with E-state index >= 15 is 0 Å². The molecule has 0 bridgehead atoms. The summed E-state index contributed by atoms with van der Waals surface area (Å²) in [6.07, 6.45) is 0.872. The van der Waals surface area contributed by atoms with Crippen LogP contribution < -0.4 is 0 Å². The summed E-state index contributed by atoms with van der Waals surface area (Å²) in [5.74, 6) is -0.397. The molecule has 1 N–H and O–H groups in total. The number of benzene rings is 2. The van der Waals surface area contributed by atoms with Gasteiger partial charge < -0.3 is 10.0 Å². The van der Waals surface area contributed by atoms with Crippen LogP contribution in [0.4, 0.5) is 4.39 Å². The van der Waals surface area contributed by atoms with Crippen molar-refractivity contribution in [3.05, 3.63) is 53.8 Å². The first-order valence-electron chi connectivity index (χ1n) is 7.40. The van der Waals surface area contributed by atoms with E-state index < -0.39 is 15.7 Å². The molecule has 1 saturated heterocycles. The lowest BCUT2D eigenvalue weighted by molar-refractivity contribution is 0.410. The number of halogens is 1. The van der Waals surface area contributed by atoms with Gasteiger partial charge in [0.15, 0.2) is 0 Å². The summed E-state index contributed by atoms with van der Waals surface area (Å²) in [4.78, 5) is 2.09. The first kappa shape index (κ1) is 16.0. The highest BCUT2D eigenvalue weighted by molar-refractivity contribution is 7.91. The molecule has 2 aromatic rings. The first-order chi connectivity index (χ1) is 10.9. The van der Waals surface area contributed by atoms with E-state index in [2.05, 4.69) is 4.90 Å². The van der Waals surface area contributed by atoms with Gasteiger partial charge in [-0.3, -0.25) is 0 Å². The molecule has 1 aliphatic heterocycles. The normalized spacial score (nSPS) is 19.1. The SMILES string of the molecule is CN1CC[C@@H](c2ccc(S(=O)(=O)c3ccc(O)cc3)cc2F)C1. The van der Waals surface area contributed by atoms with Crippen molar-refractivity contribution in [1.82, 2.24) is 4.90 Å². The Kier molecular flexibility index (Phi) is 4.12. The van der Waals surface area contributed by atoms with Crippen LogP contribution in [0.1, 0.15) is 17.9 Å². The van der Waals surface area contributed by atoms with Crippen molar-refractivity contribution >= 4 is 9.84 Å². The Morgan fingerprint density at radius 1 is 1.13 bits per heavy atom. The van der Waals surface area contributed by atoms with Crippen LogP contribution in [0, 0.1) is 5.82 Å². The lowest BCUT2D eigenvalue weighted by atomic mass is 9.98. The van der Waals surface area contributed by atoms with Gasteiger partial charge in [-0.1, -0.05) is 6.07 Å². The predicted molar refractivity (Wildman–Crippen MR) is 84.8 cm³/mol. The number of hydrogen-bond acceptors (Lipinski definition) is 4. The second-order valence-corrected chi connectivity index (χ2v) is 7.88. The largest absolute Gasteiger partial charge is 0.508 e. The van der Waals surface area contributed by atoms with Crippen molar-refractivity contribution in [1.29, 1.82) is 0 Å². The molecule has 23 heavy (non-hydrogen) atoms. The van der Waals surface area contributed by atoms with E-state index in [9.17, 15) is 17.9 Å². The zero-order valence-electron chi connectivity index (χ0n) is 12.7. The average molecular weight is 335 g/mol. The number of rotatable bonds is 3. The fraction of sp³-hybridized carbons (Fsp3) is 0.294. The maximum Gasteiger partial charge on any atom is 0.206 e. The number of aromatic hydroxyl groups is 1. The van der Waals surface area contributed by atoms with Gasteiger partial charge in [-0.05, 0) is 62.0 Å². The molecule has 1 aliphatic rings. The summed E-state index contributed by atoms with van der Waals surface area (Å²) in [6.45, 7) is 1.69. The van der Waals surface area contributed by atoms with E-state index in [-0.39, 0.29) is 21.5 Å². The van der Waals surface area contributed by atoms with Crippen molar-refractivity contribution in [2.24, 2.45) is 0 Å². The molecule has 0 aliphatic carbocycles. The third kappa shape index (κ3) is 3.09. The Morgan fingerprint density at radius 2 is 1.78 bits per heavy atom. The molecule has 6 heteroatoms. The minimum absolute atomic E-state index is 0.0177. The first-order valence-corrected chi connectivity index (χ1v) is 8.88. The summed E-state index contributed by atoms with van der Waals surface area (Å²) < 4.78 is 39.5. The second kappa shape index (κ2) is 5.94. The number of hydrogen-bond donors (Lipinski definition) is 1. The topological polar surface area (TPSA) is 57.6 Å². The van der Waals surface area contributed by atoms with Crippen LogP contribution in [-0.4, -0.2) is 38.6 Å². The Hall–Kier alpha value is -1.92. The van der Waals surface area contributed by atoms with Gasteiger partial charge in [0.25, 0.3) is 0 Å². The Morgan fingerprint density at radius 3 is 2.35 bits per heavy atom. The van der Waals surface area contributed by atoms with Crippen LogP contribution >= 0.6 is 0 Å². The highest BCUT2D eigenvalue weighted by atomic mass is 32.2. The lowest BCUT2D eigenvalue weighted by Crippen LogP contribution is -2.14. The Balaban J connectivity index is 1.94. The zero-order valence-corrected chi connectivity index (χ0v) is 13.6. The van der Waals surface area contributed by atoms with Crippen LogP contribution in [0.15, 0.2) is 52.3 Å². The monoisotopic (exact) mass is 335 g/mol. The summed E-state index contributed by atoms with van der Waals surface area (Å²) in [5, 5.41) is 9.26. The summed E-state index contributed by atoms with van der Waals surface area (Å²) in [6, 6.07) is 9.34. The zero-order chi connectivity index (χ0) is 16.6. The minimum Gasteiger partial charge on any atom is -0.508 e. The van der Waals surface area contributed by atoms with Gasteiger partial charge in [0.05, 0.1) is 9.79 Å². The van der Waals surface area contributed by atoms with Crippen LogP contribution in [0.25, 0.3) is 0 Å². The predicted octanol–water partition coefficient (Wildman–Crippen LogP) is 2.78. The van der Waals surface area contributed by atoms with Crippen molar-refractivity contribution in [2.75, 3.05) is 20.1 Å². The molecule has 1 heterocycles. The molecule has 0 unspecified atom stereocenters. The summed E-state index contributed by atoms with van der Waals surface area (Å²) in [7, 11) is -1.80. The smallest absolute Gasteiger partial charge is 0.206 e. The van der Waals surface area contributed by atoms with Crippen LogP contribution in [0.5, 0.6) is 5.75 Å². The lowest BCUT2D eigenvalue weighted by Gasteiger charge is -2.13. The third-order valence-corrected chi connectivity index (χ3v) is 6.03. The standard InChI is InChI=1S/C17H18FNO3S/c1-19-9-8-12(11-19)16-7-6-15(10-17(16)18)23(21,22)14-4-2-13(20)3-5-14/h2-7,10,12,20H,8-9,11H2,1H3/t12-/m1/s1. The summed E-state index contributed by atoms with van der Waals surface area (Å²) >= 11 is 0. The maximum absolute atomic E-state index is 14.4. The molecular weight excluding hydrogens is 317 g/mol. The van der Waals surface area contributed by atoms with E-state index in [0.717, 1.165) is 25.6 Å². The molecule has 0 saturated carbocycles. The van der Waals surface area contributed by atoms with E-state index in [1.165, 1.54) is 30.3 Å². The van der Waals surface area contributed by atoms with Gasteiger partial charge in [0.1, 0.15) is 11.6 Å². The van der Waals surface area contributed by atoms with Crippen LogP contribution in [0.2, 0.25) is 0 Å². The molecule has 122 valence electrons. The van der Waals surface area contributed by atoms with Crippen LogP contribution in [-0.2, 0) is 9.84 Å². The van der Waals surface area contributed by atoms with Crippen LogP contribution in [0.3, 0.4) is 0 Å². The Bertz CT molecular complexity index is 818. The highest BCUT2D eigenvalue weighted by Crippen LogP contribution is 2.31. The van der Waals surface area contributed by atoms with E-state index in [0.29, 0.717) is 5.56 Å². The second-order valence-electron chi connectivity index (χ2n) is 5.93. The van der Waals surface area contributed by atoms with E-state index in [1.807, 2.05) is 7.05 Å². The van der Waals surface area contributed by atoms with Crippen molar-refractivity contribution in [3.63, 3.8) is 0 Å². The number of likely N-dealkylation sites (tertiary alicyclic amines) is 1. The number of phenols is 1. The molecule has 3 rings (SSSR count). The molecule has 0 aromatic heterocycles. The highest BCUT2D eigenvalue weighted by Gasteiger charge is 2.25. The fourth-order valence-electron chi connectivity index (χ4n) is 2.96. The number of phenolic OH excluding ortho intramolecular Hbond substituents is 1. The molecule has 1 fully saturated rings. The fourth-order valence-corrected chi connectivity index (χ4v) is 4.23. The van der Waals surface area contributed by atoms with E-state index in [1.54, 1.807) is 6.07 Å². The van der Waals surface area contributed by atoms with Crippen molar-refractivity contribution in [2.45, 2.75) is 22.1 Å². The molecule has 0 radical (unpaired) electrons. The quantitative estimate of drug-likeness (QED) is 0.937. The van der Waals surface area contributed by atoms with Gasteiger partial charge in [-0.15, -0.1) is 0 Å². The molecular formula is C17H18FNO3S. The maximum atomic E-state index is 14.4.